The Labute approximate surface area is 171 Å². The summed E-state index contributed by atoms with van der Waals surface area (Å²) in [4.78, 5) is 16.2. The summed E-state index contributed by atoms with van der Waals surface area (Å²) in [5.74, 6) is 0.358. The molecule has 29 heavy (non-hydrogen) atoms. The fraction of sp³-hybridized carbons (Fsp3) is 0.238. The van der Waals surface area contributed by atoms with Gasteiger partial charge in [-0.1, -0.05) is 0 Å². The molecule has 1 atom stereocenters. The molecule has 8 heteroatoms. The van der Waals surface area contributed by atoms with Crippen LogP contribution >= 0.6 is 11.3 Å². The fourth-order valence-electron chi connectivity index (χ4n) is 3.21. The normalized spacial score (nSPS) is 12.6. The van der Waals surface area contributed by atoms with Gasteiger partial charge in [-0.15, -0.1) is 11.3 Å². The number of halogens is 1. The number of hydrogen-bond acceptors (Lipinski definition) is 5. The van der Waals surface area contributed by atoms with Gasteiger partial charge in [0.1, 0.15) is 16.4 Å². The summed E-state index contributed by atoms with van der Waals surface area (Å²) in [6.45, 7) is 2.33. The molecule has 0 bridgehead atoms. The molecule has 1 N–H and O–H groups in total. The van der Waals surface area contributed by atoms with E-state index in [1.165, 1.54) is 23.5 Å². The van der Waals surface area contributed by atoms with E-state index < -0.39 is 0 Å². The number of nitrogens with one attached hydrogen (secondary N) is 1. The van der Waals surface area contributed by atoms with Crippen molar-refractivity contribution in [2.45, 2.75) is 13.0 Å². The predicted octanol–water partition coefficient (Wildman–Crippen LogP) is 4.16. The molecule has 1 amide bonds. The molecule has 4 aromatic rings. The van der Waals surface area contributed by atoms with Gasteiger partial charge >= 0.3 is 0 Å². The summed E-state index contributed by atoms with van der Waals surface area (Å²) in [6.07, 6.45) is 1.63. The number of aromatic nitrogens is 2. The van der Waals surface area contributed by atoms with Gasteiger partial charge in [0.15, 0.2) is 0 Å². The van der Waals surface area contributed by atoms with E-state index in [2.05, 4.69) is 10.4 Å². The Morgan fingerprint density at radius 3 is 2.72 bits per heavy atom. The number of likely N-dealkylation sites (N-methyl/N-ethyl adjacent to an activating group) is 1. The van der Waals surface area contributed by atoms with Gasteiger partial charge in [0.25, 0.3) is 5.91 Å². The summed E-state index contributed by atoms with van der Waals surface area (Å²) in [6, 6.07) is 11.7. The van der Waals surface area contributed by atoms with Crippen LogP contribution in [-0.2, 0) is 0 Å². The number of rotatable bonds is 6. The third kappa shape index (κ3) is 3.81. The molecule has 0 aliphatic heterocycles. The zero-order valence-electron chi connectivity index (χ0n) is 16.3. The van der Waals surface area contributed by atoms with Gasteiger partial charge in [-0.3, -0.25) is 9.69 Å². The molecule has 3 heterocycles. The van der Waals surface area contributed by atoms with Crippen molar-refractivity contribution in [3.63, 3.8) is 0 Å². The highest BCUT2D eigenvalue weighted by atomic mass is 32.1. The van der Waals surface area contributed by atoms with Crippen molar-refractivity contribution in [2.75, 3.05) is 20.6 Å². The van der Waals surface area contributed by atoms with Crippen molar-refractivity contribution in [2.24, 2.45) is 0 Å². The van der Waals surface area contributed by atoms with Gasteiger partial charge in [0.05, 0.1) is 28.6 Å². The Morgan fingerprint density at radius 2 is 2.07 bits per heavy atom. The highest BCUT2D eigenvalue weighted by Gasteiger charge is 2.21. The van der Waals surface area contributed by atoms with Crippen LogP contribution in [0.1, 0.15) is 27.2 Å². The van der Waals surface area contributed by atoms with E-state index in [0.717, 1.165) is 27.4 Å². The van der Waals surface area contributed by atoms with E-state index in [4.69, 9.17) is 4.42 Å². The highest BCUT2D eigenvalue weighted by molar-refractivity contribution is 7.20. The second kappa shape index (κ2) is 7.81. The lowest BCUT2D eigenvalue weighted by Gasteiger charge is -2.22. The number of carbonyl (C=O) groups excluding carboxylic acids is 1. The Morgan fingerprint density at radius 1 is 1.31 bits per heavy atom. The van der Waals surface area contributed by atoms with E-state index >= 15 is 0 Å². The van der Waals surface area contributed by atoms with Crippen LogP contribution in [-0.4, -0.2) is 41.2 Å². The van der Waals surface area contributed by atoms with Crippen LogP contribution in [0.15, 0.2) is 53.1 Å². The Bertz CT molecular complexity index is 1130. The van der Waals surface area contributed by atoms with E-state index in [0.29, 0.717) is 11.4 Å². The highest BCUT2D eigenvalue weighted by Crippen LogP contribution is 2.30. The van der Waals surface area contributed by atoms with Crippen molar-refractivity contribution in [3.8, 4) is 5.69 Å². The van der Waals surface area contributed by atoms with Crippen LogP contribution in [0, 0.1) is 12.7 Å². The third-order valence-electron chi connectivity index (χ3n) is 4.79. The maximum atomic E-state index is 13.3. The zero-order valence-corrected chi connectivity index (χ0v) is 17.2. The summed E-state index contributed by atoms with van der Waals surface area (Å²) in [5.41, 5.74) is 1.57. The van der Waals surface area contributed by atoms with Gasteiger partial charge in [-0.25, -0.2) is 9.07 Å². The molecule has 0 saturated carbocycles. The van der Waals surface area contributed by atoms with Crippen molar-refractivity contribution in [3.05, 3.63) is 70.9 Å². The van der Waals surface area contributed by atoms with E-state index in [1.54, 1.807) is 23.1 Å². The first kappa shape index (κ1) is 19.4. The summed E-state index contributed by atoms with van der Waals surface area (Å²) < 4.78 is 20.5. The van der Waals surface area contributed by atoms with Crippen LogP contribution in [0.5, 0.6) is 0 Å². The van der Waals surface area contributed by atoms with Crippen molar-refractivity contribution in [1.29, 1.82) is 0 Å². The molecule has 0 radical (unpaired) electrons. The molecule has 0 fully saturated rings. The van der Waals surface area contributed by atoms with Gasteiger partial charge < -0.3 is 9.73 Å². The molecule has 0 aliphatic rings. The molecule has 4 rings (SSSR count). The number of hydrogen-bond donors (Lipinski definition) is 1. The average Bonchev–Trinajstić information content (AvgIpc) is 3.41. The Kier molecular flexibility index (Phi) is 5.21. The number of aryl methyl sites for hydroxylation is 1. The predicted molar refractivity (Wildman–Crippen MR) is 111 cm³/mol. The number of nitrogens with zero attached hydrogens (tertiary/aromatic N) is 3. The molecule has 3 aromatic heterocycles. The minimum Gasteiger partial charge on any atom is -0.468 e. The molecule has 0 spiro atoms. The lowest BCUT2D eigenvalue weighted by Crippen LogP contribution is -2.34. The first-order valence-electron chi connectivity index (χ1n) is 9.17. The number of fused-ring (bicyclic) bond motifs is 1. The average molecular weight is 412 g/mol. The second-order valence-electron chi connectivity index (χ2n) is 7.01. The molecule has 1 unspecified atom stereocenters. The van der Waals surface area contributed by atoms with Crippen LogP contribution in [0.3, 0.4) is 0 Å². The maximum absolute atomic E-state index is 13.3. The summed E-state index contributed by atoms with van der Waals surface area (Å²) in [5, 5.41) is 8.45. The standard InChI is InChI=1S/C21H21FN4O2S/c1-13-16-11-19(20(27)23-12-17(25(2)3)18-5-4-10-28-18)29-21(16)26(24-13)15-8-6-14(22)7-9-15/h4-11,17H,12H2,1-3H3,(H,23,27). The fourth-order valence-corrected chi connectivity index (χ4v) is 4.31. The van der Waals surface area contributed by atoms with Gasteiger partial charge in [0.2, 0.25) is 0 Å². The van der Waals surface area contributed by atoms with Crippen molar-refractivity contribution in [1.82, 2.24) is 20.0 Å². The SMILES string of the molecule is Cc1nn(-c2ccc(F)cc2)c2sc(C(=O)NCC(c3ccco3)N(C)C)cc12. The van der Waals surface area contributed by atoms with Crippen LogP contribution in [0.25, 0.3) is 15.9 Å². The second-order valence-corrected chi connectivity index (χ2v) is 8.04. The molecule has 1 aromatic carbocycles. The Balaban J connectivity index is 1.57. The monoisotopic (exact) mass is 412 g/mol. The number of carbonyl (C=O) groups is 1. The number of benzene rings is 1. The summed E-state index contributed by atoms with van der Waals surface area (Å²) >= 11 is 1.37. The number of thiophene rings is 1. The van der Waals surface area contributed by atoms with Crippen LogP contribution in [0.2, 0.25) is 0 Å². The quantitative estimate of drug-likeness (QED) is 0.517. The topological polar surface area (TPSA) is 63.3 Å². The zero-order chi connectivity index (χ0) is 20.5. The molecule has 6 nitrogen and oxygen atoms in total. The minimum absolute atomic E-state index is 0.0558. The first-order valence-corrected chi connectivity index (χ1v) is 9.99. The largest absolute Gasteiger partial charge is 0.468 e. The Hall–Kier alpha value is -2.97. The lowest BCUT2D eigenvalue weighted by atomic mass is 10.2. The molecule has 0 aliphatic carbocycles. The number of furan rings is 1. The van der Waals surface area contributed by atoms with E-state index in [1.807, 2.05) is 44.1 Å². The molecule has 0 saturated heterocycles. The van der Waals surface area contributed by atoms with E-state index in [-0.39, 0.29) is 17.8 Å². The van der Waals surface area contributed by atoms with Crippen molar-refractivity contribution < 1.29 is 13.6 Å². The van der Waals surface area contributed by atoms with Gasteiger partial charge in [-0.2, -0.15) is 5.10 Å². The first-order chi connectivity index (χ1) is 13.9. The maximum Gasteiger partial charge on any atom is 0.261 e. The number of amides is 1. The van der Waals surface area contributed by atoms with Crippen LogP contribution < -0.4 is 5.32 Å². The van der Waals surface area contributed by atoms with Gasteiger partial charge in [-0.05, 0) is 63.5 Å². The lowest BCUT2D eigenvalue weighted by molar-refractivity contribution is 0.0943. The molecular formula is C21H21FN4O2S. The molecular weight excluding hydrogens is 391 g/mol. The third-order valence-corrected chi connectivity index (χ3v) is 5.90. The smallest absolute Gasteiger partial charge is 0.261 e. The van der Waals surface area contributed by atoms with Gasteiger partial charge in [0, 0.05) is 11.9 Å². The van der Waals surface area contributed by atoms with Crippen LogP contribution in [0.4, 0.5) is 4.39 Å². The minimum atomic E-state index is -0.299. The molecule has 150 valence electrons. The van der Waals surface area contributed by atoms with E-state index in [9.17, 15) is 9.18 Å². The van der Waals surface area contributed by atoms with Crippen molar-refractivity contribution >= 4 is 27.5 Å². The summed E-state index contributed by atoms with van der Waals surface area (Å²) in [7, 11) is 3.89.